The summed E-state index contributed by atoms with van der Waals surface area (Å²) in [6.45, 7) is 12.8. The van der Waals surface area contributed by atoms with Crippen molar-refractivity contribution < 1.29 is 4.57 Å². The second kappa shape index (κ2) is 7.87. The van der Waals surface area contributed by atoms with Crippen LogP contribution in [0.2, 0.25) is 0 Å². The fourth-order valence-corrected chi connectivity index (χ4v) is 6.24. The van der Waals surface area contributed by atoms with Crippen LogP contribution in [0.4, 0.5) is 0 Å². The molecule has 32 heavy (non-hydrogen) atoms. The van der Waals surface area contributed by atoms with E-state index in [1.807, 2.05) is 0 Å². The third-order valence-corrected chi connectivity index (χ3v) is 8.17. The average molecular weight is 425 g/mol. The summed E-state index contributed by atoms with van der Waals surface area (Å²) >= 11 is 0. The van der Waals surface area contributed by atoms with Gasteiger partial charge in [-0.3, -0.25) is 0 Å². The van der Waals surface area contributed by atoms with E-state index in [-0.39, 0.29) is 10.8 Å². The molecule has 166 valence electrons. The maximum atomic E-state index is 2.57. The summed E-state index contributed by atoms with van der Waals surface area (Å²) in [5.41, 5.74) is 9.07. The van der Waals surface area contributed by atoms with Crippen LogP contribution in [0.25, 0.3) is 22.0 Å². The van der Waals surface area contributed by atoms with Gasteiger partial charge < -0.3 is 0 Å². The molecule has 3 aromatic rings. The van der Waals surface area contributed by atoms with Gasteiger partial charge in [-0.1, -0.05) is 89.9 Å². The van der Waals surface area contributed by atoms with Crippen LogP contribution in [0.3, 0.4) is 0 Å². The number of benzene rings is 2. The predicted molar refractivity (Wildman–Crippen MR) is 136 cm³/mol. The molecule has 0 N–H and O–H groups in total. The lowest BCUT2D eigenvalue weighted by Crippen LogP contribution is -2.51. The lowest BCUT2D eigenvalue weighted by Gasteiger charge is -2.41. The van der Waals surface area contributed by atoms with Crippen molar-refractivity contribution in [2.75, 3.05) is 0 Å². The van der Waals surface area contributed by atoms with Crippen molar-refractivity contribution in [1.29, 1.82) is 0 Å². The van der Waals surface area contributed by atoms with Crippen LogP contribution in [0.1, 0.15) is 89.0 Å². The van der Waals surface area contributed by atoms with E-state index in [2.05, 4.69) is 93.9 Å². The van der Waals surface area contributed by atoms with E-state index < -0.39 is 0 Å². The van der Waals surface area contributed by atoms with Crippen LogP contribution in [0, 0.1) is 0 Å². The Labute approximate surface area is 194 Å². The Morgan fingerprint density at radius 1 is 0.969 bits per heavy atom. The summed E-state index contributed by atoms with van der Waals surface area (Å²) in [5.74, 6) is 0. The van der Waals surface area contributed by atoms with Gasteiger partial charge in [-0.25, -0.2) is 0 Å². The molecule has 1 atom stereocenters. The molecular formula is C31H38N+. The second-order valence-electron chi connectivity index (χ2n) is 10.6. The lowest BCUT2D eigenvalue weighted by atomic mass is 9.63. The molecule has 2 heterocycles. The van der Waals surface area contributed by atoms with Crippen molar-refractivity contribution in [3.05, 3.63) is 77.0 Å². The third-order valence-electron chi connectivity index (χ3n) is 8.17. The minimum absolute atomic E-state index is 0.00194. The molecule has 0 saturated heterocycles. The summed E-state index contributed by atoms with van der Waals surface area (Å²) in [4.78, 5) is 0. The average Bonchev–Trinajstić information content (AvgIpc) is 2.80. The Morgan fingerprint density at radius 3 is 2.53 bits per heavy atom. The van der Waals surface area contributed by atoms with Crippen molar-refractivity contribution in [2.45, 2.75) is 90.5 Å². The van der Waals surface area contributed by atoms with E-state index in [9.17, 15) is 0 Å². The molecule has 0 saturated carbocycles. The first-order valence-corrected chi connectivity index (χ1v) is 12.8. The number of aromatic nitrogens is 1. The smallest absolute Gasteiger partial charge is 0.196 e. The maximum Gasteiger partial charge on any atom is 0.221 e. The highest BCUT2D eigenvalue weighted by atomic mass is 15.0. The van der Waals surface area contributed by atoms with Crippen LogP contribution in [-0.2, 0) is 23.8 Å². The van der Waals surface area contributed by atoms with Gasteiger partial charge in [-0.15, -0.1) is 0 Å². The van der Waals surface area contributed by atoms with Gasteiger partial charge in [-0.05, 0) is 53.3 Å². The molecule has 0 fully saturated rings. The van der Waals surface area contributed by atoms with Gasteiger partial charge in [0.25, 0.3) is 0 Å². The van der Waals surface area contributed by atoms with E-state index >= 15 is 0 Å². The van der Waals surface area contributed by atoms with Crippen LogP contribution < -0.4 is 4.57 Å². The van der Waals surface area contributed by atoms with Crippen LogP contribution >= 0.6 is 0 Å². The molecule has 1 heteroatoms. The molecule has 1 nitrogen and oxygen atoms in total. The van der Waals surface area contributed by atoms with Crippen molar-refractivity contribution in [1.82, 2.24) is 0 Å². The Kier molecular flexibility index (Phi) is 5.27. The minimum Gasteiger partial charge on any atom is -0.196 e. The number of pyridine rings is 1. The van der Waals surface area contributed by atoms with E-state index in [1.54, 1.807) is 0 Å². The summed E-state index contributed by atoms with van der Waals surface area (Å²) in [6.07, 6.45) is 14.5. The van der Waals surface area contributed by atoms with Crippen LogP contribution in [0.15, 0.2) is 54.7 Å². The van der Waals surface area contributed by atoms with Gasteiger partial charge in [0.05, 0.1) is 16.4 Å². The number of allylic oxidation sites excluding steroid dienone is 2. The van der Waals surface area contributed by atoms with Crippen LogP contribution in [0.5, 0.6) is 0 Å². The highest BCUT2D eigenvalue weighted by molar-refractivity contribution is 6.01. The number of unbranched alkanes of at least 4 members (excludes halogenated alkanes) is 2. The Bertz CT molecular complexity index is 1210. The highest BCUT2D eigenvalue weighted by Crippen LogP contribution is 2.53. The largest absolute Gasteiger partial charge is 0.221 e. The SMILES string of the molecule is CCCC=CC1(CC)C[n+]2ccc3cc(CCCC)cc4c3c2-c2c1cccc2C4(C)C. The molecule has 5 rings (SSSR count). The predicted octanol–water partition coefficient (Wildman–Crippen LogP) is 7.79. The van der Waals surface area contributed by atoms with E-state index in [1.165, 1.54) is 70.0 Å². The van der Waals surface area contributed by atoms with Gasteiger partial charge in [0.2, 0.25) is 5.69 Å². The molecule has 1 unspecified atom stereocenters. The lowest BCUT2D eigenvalue weighted by molar-refractivity contribution is -0.694. The summed E-state index contributed by atoms with van der Waals surface area (Å²) in [6, 6.07) is 14.5. The molecule has 1 aliphatic carbocycles. The van der Waals surface area contributed by atoms with Crippen molar-refractivity contribution in [3.63, 3.8) is 0 Å². The standard InChI is InChI=1S/C31H38N/c1-6-9-11-17-31(8-3)21-32-18-16-23-19-22(13-10-7-2)20-26-27(23)29(32)28-24(30(26,4)5)14-12-15-25(28)31/h11-12,14-20H,6-10,13,21H2,1-5H3/q+1. The number of aryl methyl sites for hydroxylation is 1. The molecule has 0 bridgehead atoms. The number of rotatable bonds is 7. The summed E-state index contributed by atoms with van der Waals surface area (Å²) in [5, 5.41) is 2.90. The van der Waals surface area contributed by atoms with Gasteiger partial charge in [0.15, 0.2) is 12.7 Å². The fourth-order valence-electron chi connectivity index (χ4n) is 6.24. The second-order valence-corrected chi connectivity index (χ2v) is 10.6. The Balaban J connectivity index is 1.83. The van der Waals surface area contributed by atoms with Crippen molar-refractivity contribution in [2.24, 2.45) is 0 Å². The van der Waals surface area contributed by atoms with Crippen LogP contribution in [-0.4, -0.2) is 0 Å². The zero-order valence-electron chi connectivity index (χ0n) is 20.6. The molecule has 0 spiro atoms. The number of hydrogen-bond donors (Lipinski definition) is 0. The quantitative estimate of drug-likeness (QED) is 0.269. The number of nitrogens with zero attached hydrogens (tertiary/aromatic N) is 1. The zero-order chi connectivity index (χ0) is 22.5. The molecule has 2 aromatic carbocycles. The summed E-state index contributed by atoms with van der Waals surface area (Å²) < 4.78 is 2.57. The first kappa shape index (κ1) is 21.4. The Morgan fingerprint density at radius 2 is 1.78 bits per heavy atom. The van der Waals surface area contributed by atoms with Gasteiger partial charge in [0.1, 0.15) is 0 Å². The molecule has 2 aliphatic rings. The maximum absolute atomic E-state index is 2.57. The van der Waals surface area contributed by atoms with E-state index in [0.717, 1.165) is 19.4 Å². The fraction of sp³-hybridized carbons (Fsp3) is 0.452. The molecule has 0 amide bonds. The first-order chi connectivity index (χ1) is 15.5. The molecule has 0 radical (unpaired) electrons. The van der Waals surface area contributed by atoms with E-state index in [0.29, 0.717) is 0 Å². The summed E-state index contributed by atoms with van der Waals surface area (Å²) in [7, 11) is 0. The van der Waals surface area contributed by atoms with Gasteiger partial charge in [0, 0.05) is 11.5 Å². The zero-order valence-corrected chi connectivity index (χ0v) is 20.6. The minimum atomic E-state index is 0.00194. The third kappa shape index (κ3) is 3.00. The van der Waals surface area contributed by atoms with E-state index in [4.69, 9.17) is 0 Å². The molecule has 1 aliphatic heterocycles. The van der Waals surface area contributed by atoms with Crippen molar-refractivity contribution in [3.8, 4) is 11.3 Å². The number of hydrogen-bond acceptors (Lipinski definition) is 0. The molecular weight excluding hydrogens is 386 g/mol. The monoisotopic (exact) mass is 424 g/mol. The van der Waals surface area contributed by atoms with Gasteiger partial charge in [-0.2, -0.15) is 4.57 Å². The van der Waals surface area contributed by atoms with Crippen molar-refractivity contribution >= 4 is 10.8 Å². The Hall–Kier alpha value is -2.41. The first-order valence-electron chi connectivity index (χ1n) is 12.8. The normalized spacial score (nSPS) is 20.3. The molecule has 1 aromatic heterocycles. The van der Waals surface area contributed by atoms with Gasteiger partial charge >= 0.3 is 0 Å². The highest BCUT2D eigenvalue weighted by Gasteiger charge is 2.47. The topological polar surface area (TPSA) is 3.88 Å².